The van der Waals surface area contributed by atoms with Crippen LogP contribution in [0.5, 0.6) is 0 Å². The molecule has 154 valence electrons. The van der Waals surface area contributed by atoms with Crippen LogP contribution in [0.15, 0.2) is 47.0 Å². The number of ether oxygens (including phenoxy) is 1. The van der Waals surface area contributed by atoms with Gasteiger partial charge in [-0.25, -0.2) is 4.79 Å². The summed E-state index contributed by atoms with van der Waals surface area (Å²) in [5, 5.41) is 6.06. The Morgan fingerprint density at radius 3 is 2.50 bits per heavy atom. The average Bonchev–Trinajstić information content (AvgIpc) is 3.27. The summed E-state index contributed by atoms with van der Waals surface area (Å²) in [7, 11) is 0. The fourth-order valence-corrected chi connectivity index (χ4v) is 3.65. The van der Waals surface area contributed by atoms with Gasteiger partial charge < -0.3 is 14.6 Å². The fourth-order valence-electron chi connectivity index (χ4n) is 3.65. The Bertz CT molecular complexity index is 1030. The largest absolute Gasteiger partial charge is 0.452 e. The summed E-state index contributed by atoms with van der Waals surface area (Å²) in [5.41, 5.74) is 0.447. The SMILES string of the molecule is Cc1cc(NC(=O)COC(=O)c2cccc(N3C(=O)[C@@H]4CC=CC[C@H]4C3=O)c2)no1. The number of esters is 1. The Morgan fingerprint density at radius 2 is 1.87 bits per heavy atom. The van der Waals surface area contributed by atoms with Gasteiger partial charge in [0.1, 0.15) is 5.76 Å². The molecule has 4 rings (SSSR count). The zero-order chi connectivity index (χ0) is 21.3. The molecule has 9 nitrogen and oxygen atoms in total. The Labute approximate surface area is 171 Å². The van der Waals surface area contributed by atoms with E-state index < -0.39 is 18.5 Å². The van der Waals surface area contributed by atoms with E-state index in [0.29, 0.717) is 24.3 Å². The molecule has 0 spiro atoms. The predicted octanol–water partition coefficient (Wildman–Crippen LogP) is 2.23. The molecule has 1 aromatic carbocycles. The molecule has 2 heterocycles. The van der Waals surface area contributed by atoms with Gasteiger partial charge in [-0.3, -0.25) is 19.3 Å². The second-order valence-corrected chi connectivity index (χ2v) is 7.17. The summed E-state index contributed by atoms with van der Waals surface area (Å²) in [4.78, 5) is 50.8. The summed E-state index contributed by atoms with van der Waals surface area (Å²) in [5.74, 6) is -1.82. The number of fused-ring (bicyclic) bond motifs is 1. The normalized spacial score (nSPS) is 20.2. The van der Waals surface area contributed by atoms with Crippen molar-refractivity contribution in [1.82, 2.24) is 5.16 Å². The third-order valence-electron chi connectivity index (χ3n) is 5.08. The number of anilines is 2. The summed E-state index contributed by atoms with van der Waals surface area (Å²) < 4.78 is 9.87. The summed E-state index contributed by atoms with van der Waals surface area (Å²) in [6.07, 6.45) is 4.89. The predicted molar refractivity (Wildman–Crippen MR) is 104 cm³/mol. The first kappa shape index (κ1) is 19.6. The smallest absolute Gasteiger partial charge is 0.338 e. The van der Waals surface area contributed by atoms with Gasteiger partial charge in [-0.05, 0) is 38.0 Å². The molecule has 1 aromatic heterocycles. The molecule has 0 radical (unpaired) electrons. The van der Waals surface area contributed by atoms with Crippen LogP contribution in [-0.2, 0) is 19.1 Å². The van der Waals surface area contributed by atoms with Crippen LogP contribution in [0.1, 0.15) is 29.0 Å². The molecule has 0 saturated carbocycles. The minimum atomic E-state index is -0.749. The van der Waals surface area contributed by atoms with Crippen molar-refractivity contribution in [1.29, 1.82) is 0 Å². The summed E-state index contributed by atoms with van der Waals surface area (Å²) in [6.45, 7) is 1.16. The van der Waals surface area contributed by atoms with E-state index in [0.717, 1.165) is 4.90 Å². The number of hydrogen-bond acceptors (Lipinski definition) is 7. The molecule has 1 N–H and O–H groups in total. The lowest BCUT2D eigenvalue weighted by atomic mass is 9.85. The van der Waals surface area contributed by atoms with Gasteiger partial charge in [-0.1, -0.05) is 23.4 Å². The highest BCUT2D eigenvalue weighted by molar-refractivity contribution is 6.22. The zero-order valence-corrected chi connectivity index (χ0v) is 16.2. The molecule has 1 aliphatic carbocycles. The van der Waals surface area contributed by atoms with Gasteiger partial charge in [0.05, 0.1) is 23.1 Å². The van der Waals surface area contributed by atoms with Crippen LogP contribution in [-0.4, -0.2) is 35.5 Å². The van der Waals surface area contributed by atoms with Crippen molar-refractivity contribution in [3.05, 3.63) is 53.8 Å². The number of carbonyl (C=O) groups is 4. The van der Waals surface area contributed by atoms with Crippen LogP contribution in [0, 0.1) is 18.8 Å². The van der Waals surface area contributed by atoms with E-state index in [4.69, 9.17) is 9.26 Å². The van der Waals surface area contributed by atoms with E-state index >= 15 is 0 Å². The maximum absolute atomic E-state index is 12.7. The second kappa shape index (κ2) is 7.94. The molecule has 30 heavy (non-hydrogen) atoms. The summed E-state index contributed by atoms with van der Waals surface area (Å²) >= 11 is 0. The van der Waals surface area contributed by atoms with Gasteiger partial charge in [0.25, 0.3) is 5.91 Å². The molecule has 2 aliphatic rings. The zero-order valence-electron chi connectivity index (χ0n) is 16.2. The first-order valence-electron chi connectivity index (χ1n) is 9.47. The number of aryl methyl sites for hydroxylation is 1. The first-order valence-corrected chi connectivity index (χ1v) is 9.47. The molecule has 0 bridgehead atoms. The highest BCUT2D eigenvalue weighted by atomic mass is 16.5. The monoisotopic (exact) mass is 409 g/mol. The Balaban J connectivity index is 1.41. The maximum atomic E-state index is 12.7. The third-order valence-corrected chi connectivity index (χ3v) is 5.08. The lowest BCUT2D eigenvalue weighted by Crippen LogP contribution is -2.31. The van der Waals surface area contributed by atoms with Gasteiger partial charge in [0.15, 0.2) is 12.4 Å². The molecular weight excluding hydrogens is 390 g/mol. The number of amides is 3. The van der Waals surface area contributed by atoms with Crippen LogP contribution in [0.3, 0.4) is 0 Å². The standard InChI is InChI=1S/C21H19N3O6/c1-12-9-17(23-30-12)22-18(25)11-29-21(28)13-5-4-6-14(10-13)24-19(26)15-7-2-3-8-16(15)20(24)27/h2-6,9-10,15-16H,7-8,11H2,1H3,(H,22,23,25)/t15-,16-/m1/s1. The first-order chi connectivity index (χ1) is 14.4. The van der Waals surface area contributed by atoms with Crippen LogP contribution < -0.4 is 10.2 Å². The molecular formula is C21H19N3O6. The molecule has 0 unspecified atom stereocenters. The molecule has 2 aromatic rings. The quantitative estimate of drug-likeness (QED) is 0.457. The molecule has 3 amide bonds. The van der Waals surface area contributed by atoms with Crippen molar-refractivity contribution in [2.45, 2.75) is 19.8 Å². The van der Waals surface area contributed by atoms with E-state index in [9.17, 15) is 19.2 Å². The Hall–Kier alpha value is -3.75. The van der Waals surface area contributed by atoms with E-state index in [-0.39, 0.29) is 35.0 Å². The van der Waals surface area contributed by atoms with E-state index in [1.807, 2.05) is 12.2 Å². The Kier molecular flexibility index (Phi) is 5.18. The minimum Gasteiger partial charge on any atom is -0.452 e. The van der Waals surface area contributed by atoms with Crippen LogP contribution >= 0.6 is 0 Å². The number of hydrogen-bond donors (Lipinski definition) is 1. The van der Waals surface area contributed by atoms with Gasteiger partial charge in [0.2, 0.25) is 11.8 Å². The lowest BCUT2D eigenvalue weighted by molar-refractivity contribution is -0.122. The van der Waals surface area contributed by atoms with Gasteiger partial charge in [-0.15, -0.1) is 0 Å². The van der Waals surface area contributed by atoms with Crippen molar-refractivity contribution in [3.8, 4) is 0 Å². The molecule has 2 atom stereocenters. The van der Waals surface area contributed by atoms with Gasteiger partial charge >= 0.3 is 5.97 Å². The van der Waals surface area contributed by atoms with Crippen LogP contribution in [0.4, 0.5) is 11.5 Å². The Morgan fingerprint density at radius 1 is 1.17 bits per heavy atom. The topological polar surface area (TPSA) is 119 Å². The number of imide groups is 1. The number of nitrogens with zero attached hydrogens (tertiary/aromatic N) is 2. The minimum absolute atomic E-state index is 0.131. The van der Waals surface area contributed by atoms with Crippen molar-refractivity contribution < 1.29 is 28.4 Å². The number of aromatic nitrogens is 1. The van der Waals surface area contributed by atoms with Gasteiger partial charge in [-0.2, -0.15) is 0 Å². The van der Waals surface area contributed by atoms with E-state index in [2.05, 4.69) is 10.5 Å². The highest BCUT2D eigenvalue weighted by Gasteiger charge is 2.47. The molecule has 9 heteroatoms. The van der Waals surface area contributed by atoms with E-state index in [1.165, 1.54) is 18.2 Å². The number of nitrogens with one attached hydrogen (secondary N) is 1. The summed E-state index contributed by atoms with van der Waals surface area (Å²) in [6, 6.07) is 7.59. The van der Waals surface area contributed by atoms with Crippen molar-refractivity contribution in [2.24, 2.45) is 11.8 Å². The van der Waals surface area contributed by atoms with Crippen LogP contribution in [0.25, 0.3) is 0 Å². The fraction of sp³-hybridized carbons (Fsp3) is 0.286. The van der Waals surface area contributed by atoms with Crippen LogP contribution in [0.2, 0.25) is 0 Å². The lowest BCUT2D eigenvalue weighted by Gasteiger charge is -2.15. The number of allylic oxidation sites excluding steroid dienone is 2. The van der Waals surface area contributed by atoms with Gasteiger partial charge in [0, 0.05) is 6.07 Å². The number of benzene rings is 1. The number of rotatable bonds is 5. The maximum Gasteiger partial charge on any atom is 0.338 e. The second-order valence-electron chi connectivity index (χ2n) is 7.17. The molecule has 1 fully saturated rings. The number of carbonyl (C=O) groups excluding carboxylic acids is 4. The van der Waals surface area contributed by atoms with Crippen molar-refractivity contribution in [3.63, 3.8) is 0 Å². The van der Waals surface area contributed by atoms with Crippen molar-refractivity contribution in [2.75, 3.05) is 16.8 Å². The highest BCUT2D eigenvalue weighted by Crippen LogP contribution is 2.37. The third kappa shape index (κ3) is 3.73. The molecule has 1 aliphatic heterocycles. The molecule has 1 saturated heterocycles. The average molecular weight is 409 g/mol. The van der Waals surface area contributed by atoms with E-state index in [1.54, 1.807) is 19.1 Å². The van der Waals surface area contributed by atoms with Crippen molar-refractivity contribution >= 4 is 35.2 Å².